The fourth-order valence-corrected chi connectivity index (χ4v) is 1.34. The van der Waals surface area contributed by atoms with E-state index >= 15 is 0 Å². The standard InChI is InChI=1S/C13H19N3O2/c1-3-11(14)13(18)16-10-7-5-6-9(8-10)15-12(17)4-2/h5-8,11H,3-4,14H2,1-2H3,(H,15,17)(H,16,18)/t11-/m0/s1. The second kappa shape index (κ2) is 6.76. The Balaban J connectivity index is 2.70. The molecule has 0 aliphatic rings. The second-order valence-corrected chi connectivity index (χ2v) is 3.99. The molecule has 18 heavy (non-hydrogen) atoms. The molecular formula is C13H19N3O2. The number of benzene rings is 1. The van der Waals surface area contributed by atoms with Gasteiger partial charge in [-0.1, -0.05) is 19.9 Å². The lowest BCUT2D eigenvalue weighted by atomic mass is 10.2. The molecule has 2 amide bonds. The molecule has 1 aromatic carbocycles. The van der Waals surface area contributed by atoms with E-state index in [1.807, 2.05) is 6.92 Å². The first-order valence-electron chi connectivity index (χ1n) is 6.03. The zero-order valence-electron chi connectivity index (χ0n) is 10.7. The molecule has 1 aromatic rings. The summed E-state index contributed by atoms with van der Waals surface area (Å²) in [6.45, 7) is 3.63. The van der Waals surface area contributed by atoms with E-state index in [9.17, 15) is 9.59 Å². The zero-order chi connectivity index (χ0) is 13.5. The van der Waals surface area contributed by atoms with Crippen LogP contribution in [0.1, 0.15) is 26.7 Å². The first-order valence-corrected chi connectivity index (χ1v) is 6.03. The van der Waals surface area contributed by atoms with Crippen molar-refractivity contribution in [1.29, 1.82) is 0 Å². The molecule has 0 saturated carbocycles. The molecule has 0 unspecified atom stereocenters. The predicted molar refractivity (Wildman–Crippen MR) is 72.3 cm³/mol. The average molecular weight is 249 g/mol. The maximum Gasteiger partial charge on any atom is 0.241 e. The molecular weight excluding hydrogens is 230 g/mol. The average Bonchev–Trinajstić information content (AvgIpc) is 2.37. The van der Waals surface area contributed by atoms with Crippen molar-refractivity contribution >= 4 is 23.2 Å². The largest absolute Gasteiger partial charge is 0.326 e. The fraction of sp³-hybridized carbons (Fsp3) is 0.385. The minimum absolute atomic E-state index is 0.0660. The van der Waals surface area contributed by atoms with Crippen LogP contribution >= 0.6 is 0 Å². The molecule has 1 atom stereocenters. The van der Waals surface area contributed by atoms with Crippen molar-refractivity contribution in [2.45, 2.75) is 32.7 Å². The highest BCUT2D eigenvalue weighted by Crippen LogP contribution is 2.15. The normalized spacial score (nSPS) is 11.7. The molecule has 0 aliphatic carbocycles. The third-order valence-electron chi connectivity index (χ3n) is 2.51. The van der Waals surface area contributed by atoms with E-state index in [1.165, 1.54) is 0 Å². The molecule has 5 heteroatoms. The van der Waals surface area contributed by atoms with Crippen molar-refractivity contribution in [3.05, 3.63) is 24.3 Å². The Kier molecular flexibility index (Phi) is 5.32. The number of anilines is 2. The first kappa shape index (κ1) is 14.2. The van der Waals surface area contributed by atoms with Gasteiger partial charge in [0.25, 0.3) is 0 Å². The summed E-state index contributed by atoms with van der Waals surface area (Å²) in [6, 6.07) is 6.47. The molecule has 0 fully saturated rings. The van der Waals surface area contributed by atoms with Gasteiger partial charge in [0.05, 0.1) is 6.04 Å². The van der Waals surface area contributed by atoms with E-state index < -0.39 is 6.04 Å². The second-order valence-electron chi connectivity index (χ2n) is 3.99. The fourth-order valence-electron chi connectivity index (χ4n) is 1.34. The van der Waals surface area contributed by atoms with Crippen LogP contribution in [0.25, 0.3) is 0 Å². The highest BCUT2D eigenvalue weighted by atomic mass is 16.2. The minimum atomic E-state index is -0.515. The summed E-state index contributed by atoms with van der Waals surface area (Å²) in [7, 11) is 0. The van der Waals surface area contributed by atoms with Crippen LogP contribution in [0.3, 0.4) is 0 Å². The highest BCUT2D eigenvalue weighted by molar-refractivity contribution is 5.96. The number of hydrogen-bond donors (Lipinski definition) is 3. The summed E-state index contributed by atoms with van der Waals surface area (Å²) in [5, 5.41) is 5.44. The Bertz CT molecular complexity index is 432. The topological polar surface area (TPSA) is 84.2 Å². The van der Waals surface area contributed by atoms with Crippen LogP contribution in [0.5, 0.6) is 0 Å². The Morgan fingerprint density at radius 2 is 1.83 bits per heavy atom. The van der Waals surface area contributed by atoms with Crippen LogP contribution in [0.4, 0.5) is 11.4 Å². The van der Waals surface area contributed by atoms with Gasteiger partial charge in [-0.25, -0.2) is 0 Å². The lowest BCUT2D eigenvalue weighted by Gasteiger charge is -2.11. The smallest absolute Gasteiger partial charge is 0.241 e. The highest BCUT2D eigenvalue weighted by Gasteiger charge is 2.11. The van der Waals surface area contributed by atoms with Crippen LogP contribution in [0.2, 0.25) is 0 Å². The summed E-state index contributed by atoms with van der Waals surface area (Å²) >= 11 is 0. The number of amides is 2. The van der Waals surface area contributed by atoms with Crippen LogP contribution in [0, 0.1) is 0 Å². The van der Waals surface area contributed by atoms with Gasteiger partial charge in [-0.2, -0.15) is 0 Å². The van der Waals surface area contributed by atoms with Gasteiger partial charge in [-0.05, 0) is 24.6 Å². The van der Waals surface area contributed by atoms with Crippen molar-refractivity contribution in [3.8, 4) is 0 Å². The molecule has 0 bridgehead atoms. The zero-order valence-corrected chi connectivity index (χ0v) is 10.7. The van der Waals surface area contributed by atoms with Gasteiger partial charge in [0.1, 0.15) is 0 Å². The first-order chi connectivity index (χ1) is 8.56. The van der Waals surface area contributed by atoms with Crippen molar-refractivity contribution in [1.82, 2.24) is 0 Å². The third-order valence-corrected chi connectivity index (χ3v) is 2.51. The van der Waals surface area contributed by atoms with E-state index in [-0.39, 0.29) is 11.8 Å². The Hall–Kier alpha value is -1.88. The van der Waals surface area contributed by atoms with Crippen LogP contribution in [0.15, 0.2) is 24.3 Å². The summed E-state index contributed by atoms with van der Waals surface area (Å²) in [5.74, 6) is -0.291. The molecule has 4 N–H and O–H groups in total. The van der Waals surface area contributed by atoms with E-state index in [4.69, 9.17) is 5.73 Å². The van der Waals surface area contributed by atoms with E-state index in [1.54, 1.807) is 31.2 Å². The molecule has 0 heterocycles. The van der Waals surface area contributed by atoms with Gasteiger partial charge in [0, 0.05) is 17.8 Å². The monoisotopic (exact) mass is 249 g/mol. The third kappa shape index (κ3) is 4.18. The van der Waals surface area contributed by atoms with E-state index in [2.05, 4.69) is 10.6 Å². The number of carbonyl (C=O) groups excluding carboxylic acids is 2. The Morgan fingerprint density at radius 1 is 1.22 bits per heavy atom. The van der Waals surface area contributed by atoms with Gasteiger partial charge in [-0.3, -0.25) is 9.59 Å². The molecule has 0 spiro atoms. The number of nitrogens with two attached hydrogens (primary N) is 1. The van der Waals surface area contributed by atoms with Gasteiger partial charge in [0.2, 0.25) is 11.8 Å². The number of carbonyl (C=O) groups is 2. The van der Waals surface area contributed by atoms with E-state index in [0.29, 0.717) is 24.2 Å². The number of nitrogens with one attached hydrogen (secondary N) is 2. The Labute approximate surface area is 107 Å². The molecule has 0 radical (unpaired) electrons. The molecule has 0 aliphatic heterocycles. The van der Waals surface area contributed by atoms with Crippen LogP contribution in [-0.2, 0) is 9.59 Å². The minimum Gasteiger partial charge on any atom is -0.326 e. The van der Waals surface area contributed by atoms with Crippen molar-refractivity contribution in [3.63, 3.8) is 0 Å². The van der Waals surface area contributed by atoms with Crippen LogP contribution < -0.4 is 16.4 Å². The lowest BCUT2D eigenvalue weighted by molar-refractivity contribution is -0.117. The van der Waals surface area contributed by atoms with Gasteiger partial charge < -0.3 is 16.4 Å². The predicted octanol–water partition coefficient (Wildman–Crippen LogP) is 1.71. The van der Waals surface area contributed by atoms with Gasteiger partial charge in [-0.15, -0.1) is 0 Å². The molecule has 5 nitrogen and oxygen atoms in total. The molecule has 98 valence electrons. The van der Waals surface area contributed by atoms with Crippen molar-refractivity contribution in [2.75, 3.05) is 10.6 Å². The number of hydrogen-bond acceptors (Lipinski definition) is 3. The molecule has 0 aromatic heterocycles. The Morgan fingerprint density at radius 3 is 2.39 bits per heavy atom. The lowest BCUT2D eigenvalue weighted by Crippen LogP contribution is -2.34. The van der Waals surface area contributed by atoms with Crippen molar-refractivity contribution in [2.24, 2.45) is 5.73 Å². The van der Waals surface area contributed by atoms with Gasteiger partial charge >= 0.3 is 0 Å². The maximum atomic E-state index is 11.6. The molecule has 1 rings (SSSR count). The summed E-state index contributed by atoms with van der Waals surface area (Å²) in [6.07, 6.45) is 0.995. The molecule has 0 saturated heterocycles. The number of rotatable bonds is 5. The SMILES string of the molecule is CCC(=O)Nc1cccc(NC(=O)[C@@H](N)CC)c1. The van der Waals surface area contributed by atoms with Crippen LogP contribution in [-0.4, -0.2) is 17.9 Å². The maximum absolute atomic E-state index is 11.6. The summed E-state index contributed by atoms with van der Waals surface area (Å²) in [5.41, 5.74) is 6.90. The quantitative estimate of drug-likeness (QED) is 0.742. The summed E-state index contributed by atoms with van der Waals surface area (Å²) < 4.78 is 0. The van der Waals surface area contributed by atoms with Crippen molar-refractivity contribution < 1.29 is 9.59 Å². The van der Waals surface area contributed by atoms with Gasteiger partial charge in [0.15, 0.2) is 0 Å². The van der Waals surface area contributed by atoms with E-state index in [0.717, 1.165) is 0 Å². The summed E-state index contributed by atoms with van der Waals surface area (Å²) in [4.78, 5) is 22.9.